The summed E-state index contributed by atoms with van der Waals surface area (Å²) in [6.45, 7) is 1.93. The smallest absolute Gasteiger partial charge is 0.225 e. The molecule has 1 aliphatic rings. The molecule has 0 amide bonds. The van der Waals surface area contributed by atoms with Crippen LogP contribution >= 0.6 is 0 Å². The fourth-order valence-corrected chi connectivity index (χ4v) is 4.52. The van der Waals surface area contributed by atoms with Crippen LogP contribution in [0.2, 0.25) is 0 Å². The quantitative estimate of drug-likeness (QED) is 0.453. The molecule has 1 fully saturated rings. The Morgan fingerprint density at radius 2 is 1.76 bits per heavy atom. The predicted molar refractivity (Wildman–Crippen MR) is 138 cm³/mol. The van der Waals surface area contributed by atoms with Crippen LogP contribution in [-0.2, 0) is 0 Å². The van der Waals surface area contributed by atoms with E-state index in [-0.39, 0.29) is 0 Å². The first kappa shape index (κ1) is 23.1. The lowest BCUT2D eigenvalue weighted by atomic mass is 9.86. The van der Waals surface area contributed by atoms with Gasteiger partial charge in [-0.1, -0.05) is 42.5 Å². The zero-order chi connectivity index (χ0) is 23.0. The zero-order valence-electron chi connectivity index (χ0n) is 19.9. The lowest BCUT2D eigenvalue weighted by Gasteiger charge is -2.29. The molecule has 3 aromatic rings. The number of hydrogen-bond donors (Lipinski definition) is 2. The molecule has 0 atom stereocenters. The van der Waals surface area contributed by atoms with Gasteiger partial charge in [-0.25, -0.2) is 4.98 Å². The molecule has 33 heavy (non-hydrogen) atoms. The second kappa shape index (κ2) is 11.1. The molecule has 1 aliphatic carbocycles. The Kier molecular flexibility index (Phi) is 7.79. The second-order valence-corrected chi connectivity index (χ2v) is 8.95. The molecule has 0 bridgehead atoms. The van der Waals surface area contributed by atoms with Crippen LogP contribution in [0.15, 0.2) is 54.6 Å². The summed E-state index contributed by atoms with van der Waals surface area (Å²) in [6.07, 6.45) is 9.03. The van der Waals surface area contributed by atoms with E-state index in [9.17, 15) is 0 Å². The summed E-state index contributed by atoms with van der Waals surface area (Å²) in [5.41, 5.74) is 2.10. The largest absolute Gasteiger partial charge is 0.496 e. The lowest BCUT2D eigenvalue weighted by Crippen LogP contribution is -2.32. The molecule has 0 saturated heterocycles. The third-order valence-electron chi connectivity index (χ3n) is 6.32. The van der Waals surface area contributed by atoms with E-state index in [1.807, 2.05) is 44.4 Å². The molecule has 0 unspecified atom stereocenters. The Balaban J connectivity index is 1.24. The Morgan fingerprint density at radius 3 is 2.55 bits per heavy atom. The molecular weight excluding hydrogens is 410 g/mol. The fraction of sp³-hybridized carbons (Fsp3) is 0.407. The van der Waals surface area contributed by atoms with E-state index in [4.69, 9.17) is 14.7 Å². The second-order valence-electron chi connectivity index (χ2n) is 8.95. The molecule has 4 rings (SSSR count). The van der Waals surface area contributed by atoms with E-state index in [0.717, 1.165) is 65.8 Å². The number of para-hydroxylation sites is 2. The normalized spacial score (nSPS) is 18.5. The van der Waals surface area contributed by atoms with E-state index < -0.39 is 0 Å². The predicted octanol–water partition coefficient (Wildman–Crippen LogP) is 4.98. The van der Waals surface area contributed by atoms with E-state index in [1.165, 1.54) is 12.8 Å². The van der Waals surface area contributed by atoms with Crippen molar-refractivity contribution in [2.75, 3.05) is 44.5 Å². The first-order chi connectivity index (χ1) is 16.1. The maximum Gasteiger partial charge on any atom is 0.225 e. The highest BCUT2D eigenvalue weighted by molar-refractivity contribution is 5.90. The van der Waals surface area contributed by atoms with E-state index in [1.54, 1.807) is 7.11 Å². The van der Waals surface area contributed by atoms with Crippen LogP contribution in [0.25, 0.3) is 17.0 Å². The summed E-state index contributed by atoms with van der Waals surface area (Å²) in [7, 11) is 5.77. The average molecular weight is 446 g/mol. The Hall–Kier alpha value is -3.12. The number of nitrogens with zero attached hydrogens (tertiary/aromatic N) is 3. The Bertz CT molecular complexity index is 1070. The summed E-state index contributed by atoms with van der Waals surface area (Å²) in [4.78, 5) is 11.6. The van der Waals surface area contributed by atoms with Crippen molar-refractivity contribution in [2.24, 2.45) is 5.92 Å². The van der Waals surface area contributed by atoms with Gasteiger partial charge >= 0.3 is 0 Å². The molecule has 6 nitrogen and oxygen atoms in total. The molecule has 2 aromatic carbocycles. The van der Waals surface area contributed by atoms with Crippen molar-refractivity contribution in [3.63, 3.8) is 0 Å². The van der Waals surface area contributed by atoms with Crippen LogP contribution in [0, 0.1) is 5.92 Å². The first-order valence-corrected chi connectivity index (χ1v) is 11.8. The molecule has 6 heteroatoms. The molecule has 1 saturated carbocycles. The molecule has 0 aliphatic heterocycles. The van der Waals surface area contributed by atoms with Gasteiger partial charge in [0.15, 0.2) is 0 Å². The highest BCUT2D eigenvalue weighted by atomic mass is 16.5. The van der Waals surface area contributed by atoms with Crippen molar-refractivity contribution in [1.29, 1.82) is 0 Å². The summed E-state index contributed by atoms with van der Waals surface area (Å²) in [6, 6.07) is 16.7. The van der Waals surface area contributed by atoms with Crippen molar-refractivity contribution in [3.8, 4) is 5.75 Å². The van der Waals surface area contributed by atoms with Crippen LogP contribution in [0.3, 0.4) is 0 Å². The van der Waals surface area contributed by atoms with Crippen molar-refractivity contribution < 1.29 is 4.74 Å². The highest BCUT2D eigenvalue weighted by Gasteiger charge is 2.22. The topological polar surface area (TPSA) is 62.3 Å². The third-order valence-corrected chi connectivity index (χ3v) is 6.32. The minimum absolute atomic E-state index is 0.433. The average Bonchev–Trinajstić information content (AvgIpc) is 2.84. The van der Waals surface area contributed by atoms with Gasteiger partial charge in [-0.2, -0.15) is 4.98 Å². The van der Waals surface area contributed by atoms with Crippen molar-refractivity contribution in [1.82, 2.24) is 15.3 Å². The number of benzene rings is 2. The van der Waals surface area contributed by atoms with Gasteiger partial charge in [-0.05, 0) is 56.3 Å². The van der Waals surface area contributed by atoms with Gasteiger partial charge < -0.3 is 20.3 Å². The number of rotatable bonds is 9. The minimum atomic E-state index is 0.433. The first-order valence-electron chi connectivity index (χ1n) is 11.8. The van der Waals surface area contributed by atoms with Gasteiger partial charge in [0.1, 0.15) is 11.6 Å². The molecule has 0 radical (unpaired) electrons. The molecular formula is C27H35N5O. The molecule has 174 valence electrons. The van der Waals surface area contributed by atoms with E-state index >= 15 is 0 Å². The van der Waals surface area contributed by atoms with Gasteiger partial charge in [0.05, 0.1) is 12.6 Å². The number of fused-ring (bicyclic) bond motifs is 1. The van der Waals surface area contributed by atoms with Gasteiger partial charge in [0.25, 0.3) is 0 Å². The van der Waals surface area contributed by atoms with Crippen LogP contribution < -0.4 is 20.3 Å². The summed E-state index contributed by atoms with van der Waals surface area (Å²) in [5, 5.41) is 8.28. The monoisotopic (exact) mass is 445 g/mol. The summed E-state index contributed by atoms with van der Waals surface area (Å²) >= 11 is 0. The van der Waals surface area contributed by atoms with Gasteiger partial charge in [0.2, 0.25) is 5.95 Å². The fourth-order valence-electron chi connectivity index (χ4n) is 4.52. The number of aromatic nitrogens is 2. The maximum absolute atomic E-state index is 5.40. The molecule has 2 N–H and O–H groups in total. The molecule has 0 spiro atoms. The number of anilines is 2. The molecule has 1 heterocycles. The van der Waals surface area contributed by atoms with E-state index in [2.05, 4.69) is 45.9 Å². The number of ether oxygens (including phenoxy) is 1. The maximum atomic E-state index is 5.40. The van der Waals surface area contributed by atoms with Gasteiger partial charge in [-0.15, -0.1) is 0 Å². The van der Waals surface area contributed by atoms with Gasteiger partial charge in [0, 0.05) is 37.6 Å². The lowest BCUT2D eigenvalue weighted by molar-refractivity contribution is 0.328. The standard InChI is InChI=1S/C27H35N5O/c1-32(2)26-23-11-5-6-12-24(23)30-27(31-26)29-22-16-14-20(15-17-22)19-28-18-8-10-21-9-4-7-13-25(21)33-3/h4-13,20,22,28H,14-19H2,1-3H3,(H,29,30,31). The number of methoxy groups -OCH3 is 1. The Morgan fingerprint density at radius 1 is 1.00 bits per heavy atom. The zero-order valence-corrected chi connectivity index (χ0v) is 19.9. The van der Waals surface area contributed by atoms with Crippen molar-refractivity contribution in [3.05, 3.63) is 60.2 Å². The minimum Gasteiger partial charge on any atom is -0.496 e. The van der Waals surface area contributed by atoms with Crippen molar-refractivity contribution >= 4 is 28.7 Å². The van der Waals surface area contributed by atoms with Crippen LogP contribution in [0.4, 0.5) is 11.8 Å². The SMILES string of the molecule is COc1ccccc1C=CCNCC1CCC(Nc2nc(N(C)C)c3ccccc3n2)CC1. The highest BCUT2D eigenvalue weighted by Crippen LogP contribution is 2.28. The third kappa shape index (κ3) is 6.02. The van der Waals surface area contributed by atoms with Crippen LogP contribution in [0.1, 0.15) is 31.2 Å². The Labute approximate surface area is 197 Å². The molecule has 1 aromatic heterocycles. The van der Waals surface area contributed by atoms with Crippen LogP contribution in [-0.4, -0.2) is 50.3 Å². The summed E-state index contributed by atoms with van der Waals surface area (Å²) < 4.78 is 5.40. The van der Waals surface area contributed by atoms with Gasteiger partial charge in [-0.3, -0.25) is 0 Å². The van der Waals surface area contributed by atoms with E-state index in [0.29, 0.717) is 6.04 Å². The van der Waals surface area contributed by atoms with Crippen molar-refractivity contribution in [2.45, 2.75) is 31.7 Å². The summed E-state index contributed by atoms with van der Waals surface area (Å²) in [5.74, 6) is 3.33. The number of hydrogen-bond acceptors (Lipinski definition) is 6. The number of nitrogens with one attached hydrogen (secondary N) is 2. The van der Waals surface area contributed by atoms with Crippen LogP contribution in [0.5, 0.6) is 5.75 Å².